The molecule has 29 heteroatoms. The number of rotatable bonds is 16. The van der Waals surface area contributed by atoms with E-state index in [1.807, 2.05) is 0 Å². The predicted molar refractivity (Wildman–Crippen MR) is 229 cm³/mol. The summed E-state index contributed by atoms with van der Waals surface area (Å²) < 4.78 is 87.3. The number of hydrogen-bond acceptors (Lipinski definition) is 28. The largest absolute Gasteiger partial charge is 0.467 e. The van der Waals surface area contributed by atoms with Crippen LogP contribution in [0.2, 0.25) is 0 Å². The van der Waals surface area contributed by atoms with Crippen LogP contribution in [0.25, 0.3) is 0 Å². The Morgan fingerprint density at radius 1 is 0.627 bits per heavy atom. The molecule has 4 fully saturated rings. The van der Waals surface area contributed by atoms with Gasteiger partial charge in [-0.3, -0.25) is 11.5 Å². The number of likely N-dealkylation sites (N-methyl/N-ethyl adjacent to an activating group) is 2. The first kappa shape index (κ1) is 54.4. The van der Waals surface area contributed by atoms with E-state index in [4.69, 9.17) is 92.1 Å². The summed E-state index contributed by atoms with van der Waals surface area (Å²) >= 11 is 0. The predicted octanol–water partition coefficient (Wildman–Crippen LogP) is -8.76. The molecular weight excluding hydrogens is 917 g/mol. The molecule has 24 N–H and O–H groups in total. The Hall–Kier alpha value is -1.93. The Kier molecular flexibility index (Phi) is 17.1. The van der Waals surface area contributed by atoms with Gasteiger partial charge in [0.15, 0.2) is 24.0 Å². The number of hydrogen-bond donors (Lipinski definition) is 16. The molecule has 4 heterocycles. The van der Waals surface area contributed by atoms with E-state index in [1.54, 1.807) is 12.2 Å². The smallest absolute Gasteiger partial charge is 0.403 e. The van der Waals surface area contributed by atoms with Gasteiger partial charge in [0, 0.05) is 24.9 Å². The van der Waals surface area contributed by atoms with Crippen LogP contribution in [0.15, 0.2) is 23.7 Å². The monoisotopic (exact) mass is 988 g/mol. The Balaban J connectivity index is 1.31. The molecule has 28 nitrogen and oxygen atoms in total. The van der Waals surface area contributed by atoms with Crippen molar-refractivity contribution < 1.29 is 85.3 Å². The molecule has 0 aromatic heterocycles. The zero-order valence-electron chi connectivity index (χ0n) is 37.8. The second-order valence-electron chi connectivity index (χ2n) is 18.6. The zero-order chi connectivity index (χ0) is 49.6. The summed E-state index contributed by atoms with van der Waals surface area (Å²) in [5.74, 6) is 0.681. The van der Waals surface area contributed by atoms with Gasteiger partial charge in [-0.15, -0.1) is 0 Å². The molecule has 0 radical (unpaired) electrons. The van der Waals surface area contributed by atoms with Crippen LogP contribution in [0.1, 0.15) is 39.5 Å². The van der Waals surface area contributed by atoms with Crippen molar-refractivity contribution in [2.75, 3.05) is 40.4 Å². The van der Waals surface area contributed by atoms with Gasteiger partial charge in [0.1, 0.15) is 71.6 Å². The molecule has 388 valence electrons. The van der Waals surface area contributed by atoms with Gasteiger partial charge in [-0.05, 0) is 52.9 Å². The van der Waals surface area contributed by atoms with E-state index in [0.29, 0.717) is 11.5 Å². The highest BCUT2D eigenvalue weighted by molar-refractivity contribution is 7.82. The summed E-state index contributed by atoms with van der Waals surface area (Å²) in [5, 5.41) is 74.1. The third kappa shape index (κ3) is 11.6. The molecular formula is C38H72N10O18S. The van der Waals surface area contributed by atoms with E-state index in [-0.39, 0.29) is 25.9 Å². The molecule has 4 aliphatic heterocycles. The van der Waals surface area contributed by atoms with E-state index in [1.165, 1.54) is 27.9 Å². The molecule has 0 aromatic carbocycles. The normalized spacial score (nSPS) is 48.7. The average molecular weight is 989 g/mol. The van der Waals surface area contributed by atoms with Crippen LogP contribution in [-0.4, -0.2) is 212 Å². The second-order valence-corrected chi connectivity index (χ2v) is 19.8. The van der Waals surface area contributed by atoms with Crippen molar-refractivity contribution in [3.63, 3.8) is 0 Å². The van der Waals surface area contributed by atoms with Gasteiger partial charge in [-0.25, -0.2) is 8.37 Å². The highest BCUT2D eigenvalue weighted by Crippen LogP contribution is 2.41. The fourth-order valence-corrected chi connectivity index (χ4v) is 10.6. The minimum Gasteiger partial charge on any atom is -0.467 e. The number of nitrogens with two attached hydrogens (primary N) is 8. The first-order chi connectivity index (χ1) is 31.2. The molecule has 2 aliphatic carbocycles. The maximum Gasteiger partial charge on any atom is 0.403 e. The molecule has 2 saturated carbocycles. The Morgan fingerprint density at radius 2 is 0.985 bits per heavy atom. The van der Waals surface area contributed by atoms with Gasteiger partial charge in [0.25, 0.3) is 0 Å². The van der Waals surface area contributed by atoms with Crippen LogP contribution in [0.3, 0.4) is 0 Å². The van der Waals surface area contributed by atoms with Crippen LogP contribution < -0.4 is 56.5 Å². The van der Waals surface area contributed by atoms with Gasteiger partial charge in [-0.1, -0.05) is 0 Å². The quantitative estimate of drug-likeness (QED) is 0.0639. The fraction of sp³-hybridized carbons (Fsp3) is 0.895. The van der Waals surface area contributed by atoms with Crippen LogP contribution >= 0.6 is 0 Å². The van der Waals surface area contributed by atoms with Crippen molar-refractivity contribution in [1.82, 2.24) is 10.6 Å². The maximum absolute atomic E-state index is 14.4. The summed E-state index contributed by atoms with van der Waals surface area (Å²) in [7, 11) is -2.71. The second kappa shape index (κ2) is 21.0. The fourth-order valence-electron chi connectivity index (χ4n) is 9.52. The highest BCUT2D eigenvalue weighted by Gasteiger charge is 2.62. The molecule has 2 saturated heterocycles. The first-order valence-electron chi connectivity index (χ1n) is 22.0. The molecule has 0 spiro atoms. The van der Waals surface area contributed by atoms with Crippen molar-refractivity contribution >= 4 is 10.4 Å². The van der Waals surface area contributed by atoms with Gasteiger partial charge >= 0.3 is 10.4 Å². The lowest BCUT2D eigenvalue weighted by Gasteiger charge is -2.52. The van der Waals surface area contributed by atoms with Crippen molar-refractivity contribution in [2.24, 2.45) is 45.9 Å². The Bertz CT molecular complexity index is 1740. The Labute approximate surface area is 388 Å². The van der Waals surface area contributed by atoms with Gasteiger partial charge in [0.05, 0.1) is 50.5 Å². The summed E-state index contributed by atoms with van der Waals surface area (Å²) in [6.45, 7) is 1.95. The Morgan fingerprint density at radius 3 is 1.31 bits per heavy atom. The van der Waals surface area contributed by atoms with Crippen LogP contribution in [0.4, 0.5) is 0 Å². The van der Waals surface area contributed by atoms with Gasteiger partial charge < -0.3 is 114 Å². The van der Waals surface area contributed by atoms with E-state index >= 15 is 0 Å². The number of ether oxygens (including phenoxy) is 8. The maximum atomic E-state index is 14.4. The highest BCUT2D eigenvalue weighted by atomic mass is 32.3. The molecule has 6 rings (SSSR count). The first-order valence-corrected chi connectivity index (χ1v) is 23.3. The summed E-state index contributed by atoms with van der Waals surface area (Å²) in [6.07, 6.45) is -17.6. The number of nitrogens with one attached hydrogen (secondary N) is 2. The third-order valence-electron chi connectivity index (χ3n) is 13.0. The number of aliphatic hydroxyl groups excluding tert-OH is 4. The lowest BCUT2D eigenvalue weighted by atomic mass is 9.81. The standard InChI is InChI=1S/C38H72N10O18S/c1-35(53)13-57-33(23(51)27(35)47-3)63-29-21(49)25(61-31-17(41)7-5-15(11-39)59-31)19(43)9-37(29,45)65-67(55,56)66-38(46)10-20(44)26(62-32-18(42)8-6-16(12-40)60-32)22(50)30(38)64-34-24(52)28(48-4)36(2,54)14-58-34/h5-6,17-34,47-54H,7-14,39-46H2,1-4H3/t17-,18-,19+,20+,21+,22+,23-,24-,25-,26-,27-,28-,29-,30-,31-,32-,33-,34-,35+,36+,37-,38-/m1/s1. The van der Waals surface area contributed by atoms with E-state index in [2.05, 4.69) is 10.6 Å². The van der Waals surface area contributed by atoms with Crippen LogP contribution in [-0.2, 0) is 56.7 Å². The lowest BCUT2D eigenvalue weighted by Crippen LogP contribution is -2.75. The molecule has 0 bridgehead atoms. The topological polar surface area (TPSA) is 480 Å². The van der Waals surface area contributed by atoms with Crippen molar-refractivity contribution in [2.45, 2.75) is 172 Å². The van der Waals surface area contributed by atoms with E-state index < -0.39 is 169 Å². The van der Waals surface area contributed by atoms with Gasteiger partial charge in [0.2, 0.25) is 12.6 Å². The summed E-state index contributed by atoms with van der Waals surface area (Å²) in [4.78, 5) is 0. The summed E-state index contributed by atoms with van der Waals surface area (Å²) in [6, 6.07) is -6.43. The average Bonchev–Trinajstić information content (AvgIpc) is 3.23. The number of aliphatic hydroxyl groups is 6. The molecule has 0 amide bonds. The van der Waals surface area contributed by atoms with Crippen LogP contribution in [0.5, 0.6) is 0 Å². The van der Waals surface area contributed by atoms with E-state index in [9.17, 15) is 39.1 Å². The van der Waals surface area contributed by atoms with Crippen molar-refractivity contribution in [1.29, 1.82) is 0 Å². The minimum atomic E-state index is -5.63. The SMILES string of the molecule is CN[C@@H]1[C@@H](O)[C@@H](O[C@@H]2[C@@H](O)[C@H](O[C@H]3OC(CN)=CC[C@H]3N)[C@@H](N)C[C@@]2(N)OS(=O)(=O)O[C@]2(N)C[C@H](N)[C@@H](O[C@H]3OC(CN)=CC[C@H]3N)[C@H](O)[C@H]2O[C@H]2OC[C@](C)(O)[C@H](NC)[C@H]2O)OC[C@]1(C)O. The third-order valence-corrected chi connectivity index (χ3v) is 14.1. The molecule has 0 unspecified atom stereocenters. The zero-order valence-corrected chi connectivity index (χ0v) is 38.6. The van der Waals surface area contributed by atoms with E-state index in [0.717, 1.165) is 0 Å². The van der Waals surface area contributed by atoms with Crippen molar-refractivity contribution in [3.05, 3.63) is 23.7 Å². The molecule has 6 aliphatic rings. The summed E-state index contributed by atoms with van der Waals surface area (Å²) in [5.41, 5.74) is 42.0. The van der Waals surface area contributed by atoms with Crippen LogP contribution in [0, 0.1) is 0 Å². The van der Waals surface area contributed by atoms with Crippen molar-refractivity contribution in [3.8, 4) is 0 Å². The molecule has 67 heavy (non-hydrogen) atoms. The molecule has 0 aromatic rings. The lowest BCUT2D eigenvalue weighted by molar-refractivity contribution is -0.327. The molecule has 22 atom stereocenters. The van der Waals surface area contributed by atoms with Gasteiger partial charge in [-0.2, -0.15) is 8.42 Å². The minimum absolute atomic E-state index is 0.00415.